The molecule has 4 heteroatoms. The molecule has 1 heterocycles. The van der Waals surface area contributed by atoms with Crippen LogP contribution in [0.25, 0.3) is 0 Å². The SMILES string of the molecule is CC(C)C[C@@H](C(=O)O)N1CCCCC1=O. The molecule has 0 bridgehead atoms. The van der Waals surface area contributed by atoms with Crippen molar-refractivity contribution in [1.82, 2.24) is 4.90 Å². The van der Waals surface area contributed by atoms with E-state index in [0.717, 1.165) is 12.8 Å². The molecule has 4 nitrogen and oxygen atoms in total. The van der Waals surface area contributed by atoms with Gasteiger partial charge in [0.25, 0.3) is 0 Å². The smallest absolute Gasteiger partial charge is 0.326 e. The molecule has 1 N–H and O–H groups in total. The molecule has 0 aromatic rings. The predicted molar refractivity (Wildman–Crippen MR) is 56.4 cm³/mol. The number of nitrogens with zero attached hydrogens (tertiary/aromatic N) is 1. The second-order valence-corrected chi connectivity index (χ2v) is 4.53. The number of hydrogen-bond donors (Lipinski definition) is 1. The largest absolute Gasteiger partial charge is 0.480 e. The molecule has 1 fully saturated rings. The van der Waals surface area contributed by atoms with E-state index in [2.05, 4.69) is 0 Å². The third-order valence-corrected chi connectivity index (χ3v) is 2.72. The first-order chi connectivity index (χ1) is 7.02. The van der Waals surface area contributed by atoms with Gasteiger partial charge < -0.3 is 10.0 Å². The molecule has 0 aromatic carbocycles. The summed E-state index contributed by atoms with van der Waals surface area (Å²) in [5.41, 5.74) is 0. The number of carbonyl (C=O) groups is 2. The van der Waals surface area contributed by atoms with Gasteiger partial charge >= 0.3 is 5.97 Å². The van der Waals surface area contributed by atoms with Crippen molar-refractivity contribution in [3.63, 3.8) is 0 Å². The van der Waals surface area contributed by atoms with E-state index in [0.29, 0.717) is 25.3 Å². The second-order valence-electron chi connectivity index (χ2n) is 4.53. The van der Waals surface area contributed by atoms with Crippen molar-refractivity contribution in [2.24, 2.45) is 5.92 Å². The van der Waals surface area contributed by atoms with E-state index < -0.39 is 12.0 Å². The van der Waals surface area contributed by atoms with E-state index in [1.807, 2.05) is 13.8 Å². The average Bonchev–Trinajstić information content (AvgIpc) is 2.15. The zero-order chi connectivity index (χ0) is 11.4. The van der Waals surface area contributed by atoms with Gasteiger partial charge in [-0.05, 0) is 25.2 Å². The highest BCUT2D eigenvalue weighted by atomic mass is 16.4. The van der Waals surface area contributed by atoms with E-state index in [9.17, 15) is 9.59 Å². The summed E-state index contributed by atoms with van der Waals surface area (Å²) < 4.78 is 0. The maximum atomic E-state index is 11.6. The topological polar surface area (TPSA) is 57.6 Å². The molecule has 0 unspecified atom stereocenters. The van der Waals surface area contributed by atoms with Gasteiger partial charge in [-0.1, -0.05) is 13.8 Å². The summed E-state index contributed by atoms with van der Waals surface area (Å²) in [5.74, 6) is -0.589. The molecule has 86 valence electrons. The van der Waals surface area contributed by atoms with Crippen LogP contribution in [-0.4, -0.2) is 34.5 Å². The summed E-state index contributed by atoms with van der Waals surface area (Å²) in [7, 11) is 0. The van der Waals surface area contributed by atoms with Gasteiger partial charge in [0.1, 0.15) is 6.04 Å². The third kappa shape index (κ3) is 3.22. The highest BCUT2D eigenvalue weighted by Crippen LogP contribution is 2.18. The van der Waals surface area contributed by atoms with Crippen LogP contribution in [0, 0.1) is 5.92 Å². The van der Waals surface area contributed by atoms with Gasteiger partial charge in [-0.3, -0.25) is 4.79 Å². The number of hydrogen-bond acceptors (Lipinski definition) is 2. The third-order valence-electron chi connectivity index (χ3n) is 2.72. The van der Waals surface area contributed by atoms with Gasteiger partial charge in [0.2, 0.25) is 5.91 Å². The number of likely N-dealkylation sites (tertiary alicyclic amines) is 1. The molecular weight excluding hydrogens is 194 g/mol. The molecule has 0 aliphatic carbocycles. The van der Waals surface area contributed by atoms with Crippen molar-refractivity contribution in [1.29, 1.82) is 0 Å². The van der Waals surface area contributed by atoms with E-state index in [1.54, 1.807) is 0 Å². The lowest BCUT2D eigenvalue weighted by atomic mass is 9.99. The fraction of sp³-hybridized carbons (Fsp3) is 0.818. The summed E-state index contributed by atoms with van der Waals surface area (Å²) in [6, 6.07) is -0.627. The number of amides is 1. The first-order valence-electron chi connectivity index (χ1n) is 5.54. The quantitative estimate of drug-likeness (QED) is 0.769. The lowest BCUT2D eigenvalue weighted by Crippen LogP contribution is -2.47. The van der Waals surface area contributed by atoms with Crippen molar-refractivity contribution < 1.29 is 14.7 Å². The Hall–Kier alpha value is -1.06. The first kappa shape index (κ1) is 12.0. The number of carboxylic acid groups (broad SMARTS) is 1. The Balaban J connectivity index is 2.69. The van der Waals surface area contributed by atoms with Crippen LogP contribution in [0.5, 0.6) is 0 Å². The Morgan fingerprint density at radius 3 is 2.60 bits per heavy atom. The molecule has 0 aromatic heterocycles. The minimum Gasteiger partial charge on any atom is -0.480 e. The Morgan fingerprint density at radius 1 is 1.47 bits per heavy atom. The number of aliphatic carboxylic acids is 1. The summed E-state index contributed by atoms with van der Waals surface area (Å²) in [4.78, 5) is 24.2. The van der Waals surface area contributed by atoms with Gasteiger partial charge in [-0.2, -0.15) is 0 Å². The molecule has 0 radical (unpaired) electrons. The molecule has 1 aliphatic rings. The van der Waals surface area contributed by atoms with Gasteiger partial charge in [-0.15, -0.1) is 0 Å². The zero-order valence-corrected chi connectivity index (χ0v) is 9.40. The maximum absolute atomic E-state index is 11.6. The lowest BCUT2D eigenvalue weighted by molar-refractivity contribution is -0.152. The van der Waals surface area contributed by atoms with Crippen LogP contribution in [0.15, 0.2) is 0 Å². The highest BCUT2D eigenvalue weighted by molar-refractivity contribution is 5.84. The van der Waals surface area contributed by atoms with Gasteiger partial charge in [0.15, 0.2) is 0 Å². The van der Waals surface area contributed by atoms with E-state index in [1.165, 1.54) is 4.90 Å². The second kappa shape index (κ2) is 5.14. The number of piperidine rings is 1. The van der Waals surface area contributed by atoms with Gasteiger partial charge in [-0.25, -0.2) is 4.79 Å². The number of carbonyl (C=O) groups excluding carboxylic acids is 1. The van der Waals surface area contributed by atoms with E-state index in [4.69, 9.17) is 5.11 Å². The summed E-state index contributed by atoms with van der Waals surface area (Å²) in [6.07, 6.45) is 2.86. The number of rotatable bonds is 4. The summed E-state index contributed by atoms with van der Waals surface area (Å²) >= 11 is 0. The Bertz CT molecular complexity index is 250. The van der Waals surface area contributed by atoms with Crippen LogP contribution in [0.1, 0.15) is 39.5 Å². The molecular formula is C11H19NO3. The van der Waals surface area contributed by atoms with E-state index in [-0.39, 0.29) is 5.91 Å². The monoisotopic (exact) mass is 213 g/mol. The average molecular weight is 213 g/mol. The lowest BCUT2D eigenvalue weighted by Gasteiger charge is -2.32. The van der Waals surface area contributed by atoms with Crippen molar-refractivity contribution in [2.75, 3.05) is 6.54 Å². The minimum absolute atomic E-state index is 0.00528. The normalized spacial score (nSPS) is 19.4. The summed E-state index contributed by atoms with van der Waals surface area (Å²) in [6.45, 7) is 4.55. The molecule has 1 atom stereocenters. The summed E-state index contributed by atoms with van der Waals surface area (Å²) in [5, 5.41) is 9.10. The Labute approximate surface area is 90.3 Å². The van der Waals surface area contributed by atoms with Crippen LogP contribution in [-0.2, 0) is 9.59 Å². The molecule has 1 saturated heterocycles. The fourth-order valence-corrected chi connectivity index (χ4v) is 1.96. The maximum Gasteiger partial charge on any atom is 0.326 e. The Morgan fingerprint density at radius 2 is 2.13 bits per heavy atom. The number of carboxylic acids is 1. The molecule has 1 amide bonds. The van der Waals surface area contributed by atoms with Crippen LogP contribution < -0.4 is 0 Å². The molecule has 15 heavy (non-hydrogen) atoms. The minimum atomic E-state index is -0.876. The van der Waals surface area contributed by atoms with Crippen molar-refractivity contribution >= 4 is 11.9 Å². The van der Waals surface area contributed by atoms with Gasteiger partial charge in [0, 0.05) is 13.0 Å². The first-order valence-corrected chi connectivity index (χ1v) is 5.54. The standard InChI is InChI=1S/C11H19NO3/c1-8(2)7-9(11(14)15)12-6-4-3-5-10(12)13/h8-9H,3-7H2,1-2H3,(H,14,15)/t9-/m0/s1. The molecule has 1 aliphatic heterocycles. The molecule has 0 saturated carbocycles. The predicted octanol–water partition coefficient (Wildman–Crippen LogP) is 1.50. The van der Waals surface area contributed by atoms with Crippen molar-refractivity contribution in [3.8, 4) is 0 Å². The van der Waals surface area contributed by atoms with Crippen LogP contribution >= 0.6 is 0 Å². The van der Waals surface area contributed by atoms with Crippen molar-refractivity contribution in [3.05, 3.63) is 0 Å². The van der Waals surface area contributed by atoms with Crippen LogP contribution in [0.3, 0.4) is 0 Å². The van der Waals surface area contributed by atoms with E-state index >= 15 is 0 Å². The van der Waals surface area contributed by atoms with Crippen LogP contribution in [0.4, 0.5) is 0 Å². The fourth-order valence-electron chi connectivity index (χ4n) is 1.96. The van der Waals surface area contributed by atoms with Crippen molar-refractivity contribution in [2.45, 2.75) is 45.6 Å². The highest BCUT2D eigenvalue weighted by Gasteiger charge is 2.31. The Kier molecular flexibility index (Phi) is 4.12. The molecule has 0 spiro atoms. The zero-order valence-electron chi connectivity index (χ0n) is 9.40. The molecule has 1 rings (SSSR count). The van der Waals surface area contributed by atoms with Crippen LogP contribution in [0.2, 0.25) is 0 Å². The van der Waals surface area contributed by atoms with Gasteiger partial charge in [0.05, 0.1) is 0 Å².